The number of amides is 1. The van der Waals surface area contributed by atoms with Crippen molar-refractivity contribution in [3.8, 4) is 11.5 Å². The number of nitrogens with zero attached hydrogens (tertiary/aromatic N) is 1. The Hall–Kier alpha value is -1.75. The Labute approximate surface area is 119 Å². The molecule has 1 heterocycles. The van der Waals surface area contributed by atoms with Gasteiger partial charge in [-0.25, -0.2) is 0 Å². The Bertz CT molecular complexity index is 493. The van der Waals surface area contributed by atoms with Crippen molar-refractivity contribution in [2.75, 3.05) is 26.8 Å². The molecule has 1 N–H and O–H groups in total. The second-order valence-electron chi connectivity index (χ2n) is 5.69. The van der Waals surface area contributed by atoms with Crippen LogP contribution in [0.4, 0.5) is 0 Å². The Kier molecular flexibility index (Phi) is 4.18. The molecule has 0 spiro atoms. The molecule has 2 rings (SSSR count). The Balaban J connectivity index is 2.16. The predicted molar refractivity (Wildman–Crippen MR) is 75.3 cm³/mol. The summed E-state index contributed by atoms with van der Waals surface area (Å²) < 4.78 is 11.1. The van der Waals surface area contributed by atoms with Crippen molar-refractivity contribution in [2.24, 2.45) is 0 Å². The van der Waals surface area contributed by atoms with Crippen LogP contribution < -0.4 is 9.47 Å². The van der Waals surface area contributed by atoms with Gasteiger partial charge in [0.2, 0.25) is 0 Å². The summed E-state index contributed by atoms with van der Waals surface area (Å²) >= 11 is 0. The summed E-state index contributed by atoms with van der Waals surface area (Å²) in [7, 11) is 1.67. The van der Waals surface area contributed by atoms with Crippen molar-refractivity contribution in [3.63, 3.8) is 0 Å². The van der Waals surface area contributed by atoms with Crippen LogP contribution in [0, 0.1) is 0 Å². The van der Waals surface area contributed by atoms with Crippen LogP contribution in [-0.4, -0.2) is 48.3 Å². The van der Waals surface area contributed by atoms with Gasteiger partial charge in [-0.05, 0) is 32.0 Å². The maximum absolute atomic E-state index is 12.3. The summed E-state index contributed by atoms with van der Waals surface area (Å²) in [5.74, 6) is 1.12. The molecule has 1 aromatic rings. The normalized spacial score (nSPS) is 14.6. The maximum atomic E-state index is 12.3. The van der Waals surface area contributed by atoms with E-state index in [0.29, 0.717) is 30.3 Å². The molecule has 1 aliphatic heterocycles. The van der Waals surface area contributed by atoms with Crippen molar-refractivity contribution < 1.29 is 19.4 Å². The van der Waals surface area contributed by atoms with Gasteiger partial charge >= 0.3 is 0 Å². The minimum absolute atomic E-state index is 0.150. The lowest BCUT2D eigenvalue weighted by atomic mass is 10.1. The molecule has 0 fully saturated rings. The van der Waals surface area contributed by atoms with Crippen molar-refractivity contribution in [2.45, 2.75) is 25.9 Å². The molecule has 0 aliphatic carbocycles. The molecule has 0 saturated carbocycles. The van der Waals surface area contributed by atoms with Crippen LogP contribution in [0.1, 0.15) is 30.6 Å². The van der Waals surface area contributed by atoms with Gasteiger partial charge in [-0.2, -0.15) is 0 Å². The zero-order chi connectivity index (χ0) is 14.8. The Morgan fingerprint density at radius 2 is 1.95 bits per heavy atom. The minimum Gasteiger partial charge on any atom is -0.490 e. The van der Waals surface area contributed by atoms with Crippen LogP contribution in [-0.2, 0) is 0 Å². The molecule has 0 unspecified atom stereocenters. The predicted octanol–water partition coefficient (Wildman–Crippen LogP) is 1.69. The molecule has 1 amide bonds. The van der Waals surface area contributed by atoms with E-state index in [9.17, 15) is 9.90 Å². The van der Waals surface area contributed by atoms with Gasteiger partial charge in [-0.15, -0.1) is 0 Å². The standard InChI is InChI=1S/C15H21NO4/c1-15(2,18)10-16(3)14(17)11-5-6-12-13(9-11)20-8-4-7-19-12/h5-6,9,18H,4,7-8,10H2,1-3H3. The SMILES string of the molecule is CN(CC(C)(C)O)C(=O)c1ccc2c(c1)OCCCO2. The molecule has 20 heavy (non-hydrogen) atoms. The minimum atomic E-state index is -0.921. The van der Waals surface area contributed by atoms with E-state index in [-0.39, 0.29) is 12.5 Å². The van der Waals surface area contributed by atoms with Gasteiger partial charge in [0, 0.05) is 25.6 Å². The third kappa shape index (κ3) is 3.63. The van der Waals surface area contributed by atoms with Crippen LogP contribution in [0.5, 0.6) is 11.5 Å². The highest BCUT2D eigenvalue weighted by Crippen LogP contribution is 2.30. The highest BCUT2D eigenvalue weighted by atomic mass is 16.5. The van der Waals surface area contributed by atoms with Gasteiger partial charge in [0.1, 0.15) is 0 Å². The number of aliphatic hydroxyl groups is 1. The fraction of sp³-hybridized carbons (Fsp3) is 0.533. The molecular formula is C15H21NO4. The monoisotopic (exact) mass is 279 g/mol. The quantitative estimate of drug-likeness (QED) is 0.914. The number of fused-ring (bicyclic) bond motifs is 1. The van der Waals surface area contributed by atoms with Gasteiger partial charge in [-0.3, -0.25) is 4.79 Å². The van der Waals surface area contributed by atoms with Crippen LogP contribution >= 0.6 is 0 Å². The lowest BCUT2D eigenvalue weighted by Crippen LogP contribution is -2.39. The number of hydrogen-bond donors (Lipinski definition) is 1. The van der Waals surface area contributed by atoms with Crippen molar-refractivity contribution in [1.29, 1.82) is 0 Å². The molecule has 5 nitrogen and oxygen atoms in total. The van der Waals surface area contributed by atoms with E-state index in [1.807, 2.05) is 0 Å². The second-order valence-corrected chi connectivity index (χ2v) is 5.69. The average molecular weight is 279 g/mol. The molecule has 0 atom stereocenters. The first kappa shape index (κ1) is 14.7. The third-order valence-electron chi connectivity index (χ3n) is 2.97. The number of carbonyl (C=O) groups is 1. The van der Waals surface area contributed by atoms with Gasteiger partial charge < -0.3 is 19.5 Å². The fourth-order valence-corrected chi connectivity index (χ4v) is 2.17. The molecule has 110 valence electrons. The van der Waals surface area contributed by atoms with Crippen LogP contribution in [0.3, 0.4) is 0 Å². The summed E-state index contributed by atoms with van der Waals surface area (Å²) in [5.41, 5.74) is -0.392. The first-order chi connectivity index (χ1) is 9.37. The number of benzene rings is 1. The first-order valence-corrected chi connectivity index (χ1v) is 6.74. The van der Waals surface area contributed by atoms with Crippen molar-refractivity contribution in [3.05, 3.63) is 23.8 Å². The number of carbonyl (C=O) groups excluding carboxylic acids is 1. The third-order valence-corrected chi connectivity index (χ3v) is 2.97. The van der Waals surface area contributed by atoms with Crippen LogP contribution in [0.15, 0.2) is 18.2 Å². The highest BCUT2D eigenvalue weighted by molar-refractivity contribution is 5.94. The largest absolute Gasteiger partial charge is 0.490 e. The van der Waals surface area contributed by atoms with Crippen LogP contribution in [0.2, 0.25) is 0 Å². The molecule has 0 radical (unpaired) electrons. The molecule has 5 heteroatoms. The molecule has 0 bridgehead atoms. The van der Waals surface area contributed by atoms with Gasteiger partial charge in [0.05, 0.1) is 18.8 Å². The van der Waals surface area contributed by atoms with Gasteiger partial charge in [0.25, 0.3) is 5.91 Å². The van der Waals surface area contributed by atoms with Crippen LogP contribution in [0.25, 0.3) is 0 Å². The van der Waals surface area contributed by atoms with Gasteiger partial charge in [-0.1, -0.05) is 0 Å². The topological polar surface area (TPSA) is 59.0 Å². The van der Waals surface area contributed by atoms with E-state index in [4.69, 9.17) is 9.47 Å². The van der Waals surface area contributed by atoms with E-state index in [2.05, 4.69) is 0 Å². The van der Waals surface area contributed by atoms with E-state index in [1.165, 1.54) is 4.90 Å². The molecule has 1 aliphatic rings. The maximum Gasteiger partial charge on any atom is 0.253 e. The zero-order valence-corrected chi connectivity index (χ0v) is 12.2. The lowest BCUT2D eigenvalue weighted by molar-refractivity contribution is 0.0367. The molecular weight excluding hydrogens is 258 g/mol. The second kappa shape index (κ2) is 5.71. The summed E-state index contributed by atoms with van der Waals surface area (Å²) in [4.78, 5) is 13.8. The van der Waals surface area contributed by atoms with Crippen molar-refractivity contribution in [1.82, 2.24) is 4.90 Å². The zero-order valence-electron chi connectivity index (χ0n) is 12.2. The van der Waals surface area contributed by atoms with E-state index in [1.54, 1.807) is 39.1 Å². The molecule has 0 aromatic heterocycles. The lowest BCUT2D eigenvalue weighted by Gasteiger charge is -2.25. The Morgan fingerprint density at radius 1 is 1.30 bits per heavy atom. The van der Waals surface area contributed by atoms with Crippen molar-refractivity contribution >= 4 is 5.91 Å². The first-order valence-electron chi connectivity index (χ1n) is 6.74. The number of hydrogen-bond acceptors (Lipinski definition) is 4. The summed E-state index contributed by atoms with van der Waals surface area (Å²) in [6, 6.07) is 5.17. The summed E-state index contributed by atoms with van der Waals surface area (Å²) in [6.07, 6.45) is 0.830. The fourth-order valence-electron chi connectivity index (χ4n) is 2.17. The van der Waals surface area contributed by atoms with Gasteiger partial charge in [0.15, 0.2) is 11.5 Å². The average Bonchev–Trinajstić information content (AvgIpc) is 2.59. The number of ether oxygens (including phenoxy) is 2. The number of rotatable bonds is 3. The summed E-state index contributed by atoms with van der Waals surface area (Å²) in [5, 5.41) is 9.77. The molecule has 1 aromatic carbocycles. The molecule has 0 saturated heterocycles. The van der Waals surface area contributed by atoms with E-state index < -0.39 is 5.60 Å². The van der Waals surface area contributed by atoms with E-state index in [0.717, 1.165) is 6.42 Å². The van der Waals surface area contributed by atoms with E-state index >= 15 is 0 Å². The number of likely N-dealkylation sites (N-methyl/N-ethyl adjacent to an activating group) is 1. The smallest absolute Gasteiger partial charge is 0.253 e. The highest BCUT2D eigenvalue weighted by Gasteiger charge is 2.21. The Morgan fingerprint density at radius 3 is 2.60 bits per heavy atom. The summed E-state index contributed by atoms with van der Waals surface area (Å²) in [6.45, 7) is 4.82.